The molecule has 0 fully saturated rings. The second kappa shape index (κ2) is 5.39. The Morgan fingerprint density at radius 2 is 2.18 bits per heavy atom. The van der Waals surface area contributed by atoms with E-state index >= 15 is 0 Å². The summed E-state index contributed by atoms with van der Waals surface area (Å²) in [4.78, 5) is 13.3. The second-order valence-corrected chi connectivity index (χ2v) is 3.89. The lowest BCUT2D eigenvalue weighted by molar-refractivity contribution is 0.0824. The molecule has 0 saturated carbocycles. The van der Waals surface area contributed by atoms with Crippen LogP contribution in [0, 0.1) is 0 Å². The summed E-state index contributed by atoms with van der Waals surface area (Å²) >= 11 is 0. The van der Waals surface area contributed by atoms with Crippen molar-refractivity contribution in [2.75, 3.05) is 21.2 Å². The molecule has 17 heavy (non-hydrogen) atoms. The lowest BCUT2D eigenvalue weighted by atomic mass is 10.1. The maximum Gasteiger partial charge on any atom is 0.257 e. The molecular formula is C13H17NO3. The van der Waals surface area contributed by atoms with Crippen molar-refractivity contribution in [1.82, 2.24) is 4.90 Å². The van der Waals surface area contributed by atoms with Crippen molar-refractivity contribution in [2.45, 2.75) is 6.42 Å². The van der Waals surface area contributed by atoms with Gasteiger partial charge >= 0.3 is 0 Å². The lowest BCUT2D eigenvalue weighted by Gasteiger charge is -2.14. The predicted molar refractivity (Wildman–Crippen MR) is 66.6 cm³/mol. The summed E-state index contributed by atoms with van der Waals surface area (Å²) in [5.41, 5.74) is 1.12. The number of amides is 1. The van der Waals surface area contributed by atoms with E-state index in [1.807, 2.05) is 0 Å². The molecule has 0 aliphatic heterocycles. The molecule has 1 rings (SSSR count). The van der Waals surface area contributed by atoms with Crippen LogP contribution in [-0.4, -0.2) is 37.1 Å². The highest BCUT2D eigenvalue weighted by atomic mass is 16.5. The van der Waals surface area contributed by atoms with E-state index in [0.29, 0.717) is 12.2 Å². The highest BCUT2D eigenvalue weighted by Crippen LogP contribution is 2.32. The van der Waals surface area contributed by atoms with E-state index in [2.05, 4.69) is 6.58 Å². The molecule has 4 heteroatoms. The maximum atomic E-state index is 11.9. The number of benzene rings is 1. The number of methoxy groups -OCH3 is 1. The Labute approximate surface area is 101 Å². The average molecular weight is 235 g/mol. The zero-order valence-corrected chi connectivity index (χ0v) is 10.4. The van der Waals surface area contributed by atoms with Crippen molar-refractivity contribution < 1.29 is 14.6 Å². The molecule has 0 aliphatic carbocycles. The van der Waals surface area contributed by atoms with Gasteiger partial charge in [-0.2, -0.15) is 0 Å². The third-order valence-electron chi connectivity index (χ3n) is 2.37. The number of allylic oxidation sites excluding steroid dienone is 1. The van der Waals surface area contributed by atoms with Gasteiger partial charge < -0.3 is 14.7 Å². The van der Waals surface area contributed by atoms with Crippen LogP contribution in [0.2, 0.25) is 0 Å². The minimum Gasteiger partial charge on any atom is -0.504 e. The fourth-order valence-electron chi connectivity index (χ4n) is 1.51. The number of hydrogen-bond acceptors (Lipinski definition) is 3. The van der Waals surface area contributed by atoms with Gasteiger partial charge in [-0.05, 0) is 24.1 Å². The van der Waals surface area contributed by atoms with Gasteiger partial charge in [0.15, 0.2) is 11.5 Å². The Balaban J connectivity index is 3.31. The first-order valence-corrected chi connectivity index (χ1v) is 5.23. The zero-order chi connectivity index (χ0) is 13.0. The molecule has 0 unspecified atom stereocenters. The summed E-state index contributed by atoms with van der Waals surface area (Å²) in [6, 6.07) is 3.35. The van der Waals surface area contributed by atoms with Gasteiger partial charge in [-0.25, -0.2) is 0 Å². The molecule has 92 valence electrons. The van der Waals surface area contributed by atoms with Crippen molar-refractivity contribution in [1.29, 1.82) is 0 Å². The molecule has 0 aromatic heterocycles. The number of rotatable bonds is 4. The summed E-state index contributed by atoms with van der Waals surface area (Å²) in [6.45, 7) is 3.64. The normalized spacial score (nSPS) is 9.82. The van der Waals surface area contributed by atoms with Gasteiger partial charge in [-0.1, -0.05) is 6.08 Å². The summed E-state index contributed by atoms with van der Waals surface area (Å²) < 4.78 is 5.05. The molecule has 4 nitrogen and oxygen atoms in total. The van der Waals surface area contributed by atoms with Crippen LogP contribution in [0.25, 0.3) is 0 Å². The van der Waals surface area contributed by atoms with Gasteiger partial charge in [0.05, 0.1) is 12.7 Å². The quantitative estimate of drug-likeness (QED) is 0.810. The Kier molecular flexibility index (Phi) is 4.15. The van der Waals surface area contributed by atoms with Gasteiger partial charge in [0, 0.05) is 14.1 Å². The third kappa shape index (κ3) is 2.78. The van der Waals surface area contributed by atoms with Crippen molar-refractivity contribution in [3.8, 4) is 11.5 Å². The van der Waals surface area contributed by atoms with Crippen LogP contribution in [0.5, 0.6) is 11.5 Å². The molecule has 1 amide bonds. The first-order valence-electron chi connectivity index (χ1n) is 5.23. The topological polar surface area (TPSA) is 49.8 Å². The van der Waals surface area contributed by atoms with Crippen molar-refractivity contribution in [3.05, 3.63) is 35.9 Å². The fourth-order valence-corrected chi connectivity index (χ4v) is 1.51. The molecule has 0 saturated heterocycles. The summed E-state index contributed by atoms with van der Waals surface area (Å²) in [6.07, 6.45) is 2.35. The third-order valence-corrected chi connectivity index (χ3v) is 2.37. The van der Waals surface area contributed by atoms with E-state index in [4.69, 9.17) is 4.74 Å². The largest absolute Gasteiger partial charge is 0.504 e. The molecule has 1 aromatic carbocycles. The molecule has 0 heterocycles. The summed E-state index contributed by atoms with van der Waals surface area (Å²) in [7, 11) is 4.72. The van der Waals surface area contributed by atoms with Crippen LogP contribution in [0.4, 0.5) is 0 Å². The van der Waals surface area contributed by atoms with Gasteiger partial charge in [-0.3, -0.25) is 4.79 Å². The van der Waals surface area contributed by atoms with Crippen molar-refractivity contribution in [2.24, 2.45) is 0 Å². The summed E-state index contributed by atoms with van der Waals surface area (Å²) in [5.74, 6) is -0.0831. The Bertz CT molecular complexity index is 439. The molecule has 0 spiro atoms. The van der Waals surface area contributed by atoms with E-state index < -0.39 is 0 Å². The molecular weight excluding hydrogens is 218 g/mol. The molecule has 1 N–H and O–H groups in total. The number of carbonyl (C=O) groups excluding carboxylic acids is 1. The standard InChI is InChI=1S/C13H17NO3/c1-5-6-9-7-10(13(16)14(2)3)12(15)11(8-9)17-4/h5,7-8,15H,1,6H2,2-4H3. The number of hydrogen-bond donors (Lipinski definition) is 1. The minimum absolute atomic E-state index is 0.126. The first kappa shape index (κ1) is 13.1. The Morgan fingerprint density at radius 3 is 2.65 bits per heavy atom. The highest BCUT2D eigenvalue weighted by Gasteiger charge is 2.18. The minimum atomic E-state index is -0.258. The highest BCUT2D eigenvalue weighted by molar-refractivity contribution is 5.97. The molecule has 0 bridgehead atoms. The summed E-state index contributed by atoms with van der Waals surface area (Å²) in [5, 5.41) is 9.90. The maximum absolute atomic E-state index is 11.9. The van der Waals surface area contributed by atoms with Crippen molar-refractivity contribution in [3.63, 3.8) is 0 Å². The van der Waals surface area contributed by atoms with Gasteiger partial charge in [-0.15, -0.1) is 6.58 Å². The number of aromatic hydroxyl groups is 1. The van der Waals surface area contributed by atoms with E-state index in [1.54, 1.807) is 32.3 Å². The average Bonchev–Trinajstić information content (AvgIpc) is 2.30. The van der Waals surface area contributed by atoms with Crippen LogP contribution < -0.4 is 4.74 Å². The molecule has 0 radical (unpaired) electrons. The first-order chi connectivity index (χ1) is 8.01. The van der Waals surface area contributed by atoms with Crippen LogP contribution in [0.1, 0.15) is 15.9 Å². The molecule has 0 atom stereocenters. The smallest absolute Gasteiger partial charge is 0.257 e. The van der Waals surface area contributed by atoms with Crippen LogP contribution in [0.3, 0.4) is 0 Å². The predicted octanol–water partition coefficient (Wildman–Crippen LogP) is 1.83. The molecule has 0 aliphatic rings. The fraction of sp³-hybridized carbons (Fsp3) is 0.308. The van der Waals surface area contributed by atoms with Crippen LogP contribution >= 0.6 is 0 Å². The van der Waals surface area contributed by atoms with Crippen molar-refractivity contribution >= 4 is 5.91 Å². The van der Waals surface area contributed by atoms with E-state index in [-0.39, 0.29) is 17.2 Å². The van der Waals surface area contributed by atoms with E-state index in [0.717, 1.165) is 5.56 Å². The van der Waals surface area contributed by atoms with E-state index in [1.165, 1.54) is 12.0 Å². The van der Waals surface area contributed by atoms with Gasteiger partial charge in [0.1, 0.15) is 0 Å². The number of ether oxygens (including phenoxy) is 1. The number of phenolic OH excluding ortho intramolecular Hbond substituents is 1. The van der Waals surface area contributed by atoms with E-state index in [9.17, 15) is 9.90 Å². The van der Waals surface area contributed by atoms with Crippen LogP contribution in [-0.2, 0) is 6.42 Å². The number of carbonyl (C=O) groups is 1. The van der Waals surface area contributed by atoms with Gasteiger partial charge in [0.2, 0.25) is 0 Å². The number of nitrogens with zero attached hydrogens (tertiary/aromatic N) is 1. The molecule has 1 aromatic rings. The SMILES string of the molecule is C=CCc1cc(OC)c(O)c(C(=O)N(C)C)c1. The Morgan fingerprint density at radius 1 is 1.53 bits per heavy atom. The number of phenols is 1. The zero-order valence-electron chi connectivity index (χ0n) is 10.4. The van der Waals surface area contributed by atoms with Gasteiger partial charge in [0.25, 0.3) is 5.91 Å². The Hall–Kier alpha value is -1.97. The second-order valence-electron chi connectivity index (χ2n) is 3.89. The monoisotopic (exact) mass is 235 g/mol. The lowest BCUT2D eigenvalue weighted by Crippen LogP contribution is -2.22. The van der Waals surface area contributed by atoms with Crippen LogP contribution in [0.15, 0.2) is 24.8 Å².